The maximum Gasteiger partial charge on any atom is 0.304 e. The first-order valence-corrected chi connectivity index (χ1v) is 14.4. The summed E-state index contributed by atoms with van der Waals surface area (Å²) in [6.07, 6.45) is 0.526. The van der Waals surface area contributed by atoms with E-state index in [1.165, 1.54) is 36.4 Å². The van der Waals surface area contributed by atoms with Gasteiger partial charge in [0.2, 0.25) is 11.1 Å². The van der Waals surface area contributed by atoms with Crippen molar-refractivity contribution in [2.75, 3.05) is 0 Å². The molecule has 3 rings (SSSR count). The molecule has 3 aromatic carbocycles. The molecule has 0 spiro atoms. The molecule has 1 amide bonds. The molecule has 45 heavy (non-hydrogen) atoms. The van der Waals surface area contributed by atoms with Gasteiger partial charge in [-0.3, -0.25) is 24.0 Å². The monoisotopic (exact) mass is 689 g/mol. The molecule has 0 heterocycles. The Morgan fingerprint density at radius 3 is 1.18 bits per heavy atom. The maximum absolute atomic E-state index is 12.7. The predicted octanol–water partition coefficient (Wildman–Crippen LogP) is 7.81. The van der Waals surface area contributed by atoms with Crippen molar-refractivity contribution in [3.05, 3.63) is 107 Å². The summed E-state index contributed by atoms with van der Waals surface area (Å²) in [5.74, 6) is -2.31. The van der Waals surface area contributed by atoms with E-state index in [1.807, 2.05) is 13.8 Å². The Balaban J connectivity index is 0.000000593. The van der Waals surface area contributed by atoms with Crippen LogP contribution in [-0.2, 0) is 24.0 Å². The summed E-state index contributed by atoms with van der Waals surface area (Å²) < 4.78 is 38.2. The second-order valence-corrected chi connectivity index (χ2v) is 10.9. The zero-order valence-electron chi connectivity index (χ0n) is 24.6. The molecule has 0 saturated carbocycles. The highest BCUT2D eigenvalue weighted by Gasteiger charge is 2.11. The summed E-state index contributed by atoms with van der Waals surface area (Å²) in [4.78, 5) is 50.4. The first-order valence-electron chi connectivity index (χ1n) is 13.3. The summed E-state index contributed by atoms with van der Waals surface area (Å²) in [5, 5.41) is 5.84. The Hall–Kier alpha value is -3.73. The minimum atomic E-state index is -1.14. The number of halogens is 6. The van der Waals surface area contributed by atoms with E-state index in [0.717, 1.165) is 16.7 Å². The molecule has 0 bridgehead atoms. The van der Waals surface area contributed by atoms with Gasteiger partial charge in [-0.05, 0) is 106 Å². The Kier molecular flexibility index (Phi) is 20.1. The highest BCUT2D eigenvalue weighted by Crippen LogP contribution is 2.21. The number of carbonyl (C=O) groups is 5. The minimum absolute atomic E-state index is 0.0202. The third-order valence-electron chi connectivity index (χ3n) is 5.86. The molecule has 3 aromatic rings. The maximum atomic E-state index is 12.7. The van der Waals surface area contributed by atoms with E-state index in [2.05, 4.69) is 23.2 Å². The summed E-state index contributed by atoms with van der Waals surface area (Å²) in [5.41, 5.74) is 7.36. The number of carbonyl (C=O) groups excluding carboxylic acids is 4. The number of nitrogens with two attached hydrogens (primary N) is 1. The van der Waals surface area contributed by atoms with E-state index in [1.54, 1.807) is 43.3 Å². The molecule has 3 N–H and O–H groups in total. The van der Waals surface area contributed by atoms with E-state index in [4.69, 9.17) is 22.4 Å². The van der Waals surface area contributed by atoms with Crippen LogP contribution >= 0.6 is 34.8 Å². The van der Waals surface area contributed by atoms with Crippen molar-refractivity contribution in [3.8, 4) is 0 Å². The van der Waals surface area contributed by atoms with Crippen molar-refractivity contribution in [1.82, 2.24) is 0 Å². The lowest BCUT2D eigenvalue weighted by molar-refractivity contribution is -0.137. The molecule has 0 saturated heterocycles. The van der Waals surface area contributed by atoms with Gasteiger partial charge in [0.1, 0.15) is 17.5 Å². The van der Waals surface area contributed by atoms with Crippen LogP contribution in [0.5, 0.6) is 0 Å². The highest BCUT2D eigenvalue weighted by atomic mass is 35.5. The summed E-state index contributed by atoms with van der Waals surface area (Å²) in [6, 6.07) is 18.5. The summed E-state index contributed by atoms with van der Waals surface area (Å²) >= 11 is 14.2. The average Bonchev–Trinajstić information content (AvgIpc) is 2.93. The van der Waals surface area contributed by atoms with Crippen LogP contribution in [-0.4, -0.2) is 32.7 Å². The lowest BCUT2D eigenvalue weighted by atomic mass is 9.98. The van der Waals surface area contributed by atoms with Gasteiger partial charge in [-0.25, -0.2) is 13.2 Å². The Morgan fingerprint density at radius 1 is 0.622 bits per heavy atom. The topological polar surface area (TPSA) is 132 Å². The zero-order chi connectivity index (χ0) is 34.7. The zero-order valence-corrected chi connectivity index (χ0v) is 26.9. The number of carboxylic acid groups (broad SMARTS) is 1. The van der Waals surface area contributed by atoms with Gasteiger partial charge in [-0.15, -0.1) is 0 Å². The fourth-order valence-corrected chi connectivity index (χ4v) is 3.83. The molecule has 0 fully saturated rings. The number of primary amides is 1. The van der Waals surface area contributed by atoms with Crippen LogP contribution in [0.25, 0.3) is 0 Å². The van der Waals surface area contributed by atoms with E-state index < -0.39 is 21.7 Å². The van der Waals surface area contributed by atoms with Crippen LogP contribution < -0.4 is 5.73 Å². The third kappa shape index (κ3) is 20.0. The van der Waals surface area contributed by atoms with Crippen LogP contribution in [0.2, 0.25) is 0 Å². The van der Waals surface area contributed by atoms with Crippen LogP contribution in [0.3, 0.4) is 0 Å². The molecule has 0 aliphatic carbocycles. The highest BCUT2D eigenvalue weighted by molar-refractivity contribution is 6.97. The Morgan fingerprint density at radius 2 is 0.933 bits per heavy atom. The largest absolute Gasteiger partial charge is 0.481 e. The molecule has 0 radical (unpaired) electrons. The van der Waals surface area contributed by atoms with E-state index >= 15 is 0 Å². The average molecular weight is 691 g/mol. The first-order chi connectivity index (χ1) is 20.9. The van der Waals surface area contributed by atoms with Gasteiger partial charge in [0.15, 0.2) is 0 Å². The van der Waals surface area contributed by atoms with Crippen molar-refractivity contribution in [2.45, 2.75) is 57.8 Å². The molecule has 0 aliphatic heterocycles. The van der Waals surface area contributed by atoms with E-state index in [-0.39, 0.29) is 60.4 Å². The number of carboxylic acids is 1. The quantitative estimate of drug-likeness (QED) is 0.165. The summed E-state index contributed by atoms with van der Waals surface area (Å²) in [6.45, 7) is 5.46. The van der Waals surface area contributed by atoms with Gasteiger partial charge in [0, 0.05) is 12.8 Å². The molecule has 13 heteroatoms. The smallest absolute Gasteiger partial charge is 0.304 e. The first kappa shape index (κ1) is 41.3. The molecule has 7 nitrogen and oxygen atoms in total. The number of aliphatic carboxylic acids is 1. The SMILES string of the molecule is CC(CC(=O)Cl)c1cccc(F)c1.CC(CC(=O)O)c1cccc(F)c1.CC(CC(N)=O)c1cccc(F)c1.O=C(Cl)C(=O)Cl. The van der Waals surface area contributed by atoms with Gasteiger partial charge in [0.05, 0.1) is 6.42 Å². The number of benzene rings is 3. The number of hydrogen-bond donors (Lipinski definition) is 2. The molecule has 3 unspecified atom stereocenters. The molecular formula is C32H33Cl3F3NO6. The van der Waals surface area contributed by atoms with Gasteiger partial charge < -0.3 is 10.8 Å². The van der Waals surface area contributed by atoms with Crippen molar-refractivity contribution in [3.63, 3.8) is 0 Å². The lowest BCUT2D eigenvalue weighted by Crippen LogP contribution is -2.13. The summed E-state index contributed by atoms with van der Waals surface area (Å²) in [7, 11) is 0. The predicted molar refractivity (Wildman–Crippen MR) is 168 cm³/mol. The second kappa shape index (κ2) is 21.9. The fraction of sp³-hybridized carbons (Fsp3) is 0.281. The molecule has 0 aliphatic rings. The van der Waals surface area contributed by atoms with Crippen molar-refractivity contribution in [1.29, 1.82) is 0 Å². The normalized spacial score (nSPS) is 11.8. The molecular weight excluding hydrogens is 658 g/mol. The van der Waals surface area contributed by atoms with Crippen molar-refractivity contribution >= 4 is 62.4 Å². The van der Waals surface area contributed by atoms with Gasteiger partial charge in [-0.1, -0.05) is 57.2 Å². The van der Waals surface area contributed by atoms with Gasteiger partial charge in [0.25, 0.3) is 0 Å². The van der Waals surface area contributed by atoms with Crippen molar-refractivity contribution < 1.29 is 42.3 Å². The van der Waals surface area contributed by atoms with Gasteiger partial charge >= 0.3 is 16.5 Å². The van der Waals surface area contributed by atoms with Crippen molar-refractivity contribution in [2.24, 2.45) is 5.73 Å². The number of rotatable bonds is 10. The van der Waals surface area contributed by atoms with E-state index in [0.29, 0.717) is 0 Å². The van der Waals surface area contributed by atoms with Crippen LogP contribution in [0.4, 0.5) is 13.2 Å². The van der Waals surface area contributed by atoms with Crippen LogP contribution in [0.1, 0.15) is 74.5 Å². The standard InChI is InChI=1S/C10H10ClFO.C10H12FNO.C10H11FO2.C2Cl2O2/c1-7(5-10(11)13)8-3-2-4-9(12)6-8;2*1-7(5-10(12)13)8-3-2-4-9(11)6-8;3-1(5)2(4)6/h2-4,6-7H,5H2,1H3;2-4,6-7H,5H2,1H3,(H2,12,13);2-4,6-7H,5H2,1H3,(H,12,13);. The van der Waals surface area contributed by atoms with Gasteiger partial charge in [-0.2, -0.15) is 0 Å². The molecule has 244 valence electrons. The third-order valence-corrected chi connectivity index (χ3v) is 6.46. The lowest BCUT2D eigenvalue weighted by Gasteiger charge is -2.08. The number of hydrogen-bond acceptors (Lipinski definition) is 5. The van der Waals surface area contributed by atoms with Crippen LogP contribution in [0, 0.1) is 17.5 Å². The van der Waals surface area contributed by atoms with E-state index in [9.17, 15) is 37.1 Å². The molecule has 3 atom stereocenters. The molecule has 0 aromatic heterocycles. The Bertz CT molecular complexity index is 1280. The van der Waals surface area contributed by atoms with Crippen LogP contribution in [0.15, 0.2) is 72.8 Å². The minimum Gasteiger partial charge on any atom is -0.481 e. The second-order valence-electron chi connectivity index (χ2n) is 9.74. The fourth-order valence-electron chi connectivity index (χ4n) is 3.60. The number of amides is 1. The Labute approximate surface area is 274 Å².